The number of aromatic nitrogens is 4. The van der Waals surface area contributed by atoms with Gasteiger partial charge in [0.1, 0.15) is 24.9 Å². The smallest absolute Gasteiger partial charge is 0.408 e. The van der Waals surface area contributed by atoms with Crippen molar-refractivity contribution < 1.29 is 29.0 Å². The fraction of sp³-hybridized carbons (Fsp3) is 0.238. The fourth-order valence-electron chi connectivity index (χ4n) is 2.70. The molecule has 0 saturated heterocycles. The average Bonchev–Trinajstić information content (AvgIpc) is 3.24. The first-order valence-corrected chi connectivity index (χ1v) is 10.6. The number of alkyl carbamates (subject to hydrolysis) is 1. The van der Waals surface area contributed by atoms with Crippen molar-refractivity contribution in [1.29, 1.82) is 0 Å². The number of rotatable bonds is 11. The largest absolute Gasteiger partial charge is 0.497 e. The SMILES string of the molecule is COc1ccc(Sc2nnnn2CC(=O)C(CC(=O)O)NC(=O)OCc2ccccc2)cc1. The number of carboxylic acid groups (broad SMARTS) is 1. The van der Waals surface area contributed by atoms with Crippen LogP contribution < -0.4 is 10.1 Å². The predicted octanol–water partition coefficient (Wildman–Crippen LogP) is 2.17. The number of Topliss-reactive ketones (excluding diaryl/α,β-unsaturated/α-hetero) is 1. The minimum absolute atomic E-state index is 0.0176. The van der Waals surface area contributed by atoms with Crippen molar-refractivity contribution in [1.82, 2.24) is 25.5 Å². The lowest BCUT2D eigenvalue weighted by atomic mass is 10.1. The molecule has 1 amide bonds. The van der Waals surface area contributed by atoms with Gasteiger partial charge in [-0.3, -0.25) is 9.59 Å². The number of methoxy groups -OCH3 is 1. The highest BCUT2D eigenvalue weighted by Crippen LogP contribution is 2.27. The second kappa shape index (κ2) is 11.6. The van der Waals surface area contributed by atoms with Crippen LogP contribution in [0.2, 0.25) is 0 Å². The maximum Gasteiger partial charge on any atom is 0.408 e. The molecule has 172 valence electrons. The standard InChI is InChI=1S/C21H21N5O6S/c1-31-15-7-9-16(10-8-15)33-20-23-24-25-26(20)12-18(27)17(11-19(28)29)22-21(30)32-13-14-5-3-2-4-6-14/h2-10,17H,11-13H2,1H3,(H,22,30)(H,28,29). The van der Waals surface area contributed by atoms with E-state index in [0.29, 0.717) is 10.9 Å². The lowest BCUT2D eigenvalue weighted by Crippen LogP contribution is -2.44. The maximum absolute atomic E-state index is 12.8. The summed E-state index contributed by atoms with van der Waals surface area (Å²) in [5, 5.41) is 23.1. The van der Waals surface area contributed by atoms with Crippen molar-refractivity contribution in [2.75, 3.05) is 7.11 Å². The first-order chi connectivity index (χ1) is 15.9. The summed E-state index contributed by atoms with van der Waals surface area (Å²) in [6.45, 7) is -0.349. The molecule has 0 radical (unpaired) electrons. The zero-order valence-electron chi connectivity index (χ0n) is 17.6. The Morgan fingerprint density at radius 2 is 1.85 bits per heavy atom. The van der Waals surface area contributed by atoms with E-state index in [1.807, 2.05) is 18.2 Å². The van der Waals surface area contributed by atoms with Gasteiger partial charge in [-0.25, -0.2) is 9.48 Å². The highest BCUT2D eigenvalue weighted by atomic mass is 32.2. The summed E-state index contributed by atoms with van der Waals surface area (Å²) in [6, 6.07) is 14.8. The second-order valence-corrected chi connectivity index (χ2v) is 7.76. The van der Waals surface area contributed by atoms with Crippen molar-refractivity contribution in [2.45, 2.75) is 35.7 Å². The molecule has 0 fully saturated rings. The Morgan fingerprint density at radius 3 is 2.52 bits per heavy atom. The number of carbonyl (C=O) groups is 3. The summed E-state index contributed by atoms with van der Waals surface area (Å²) in [7, 11) is 1.56. The first kappa shape index (κ1) is 23.7. The predicted molar refractivity (Wildman–Crippen MR) is 116 cm³/mol. The zero-order valence-corrected chi connectivity index (χ0v) is 18.4. The van der Waals surface area contributed by atoms with Gasteiger partial charge in [0, 0.05) is 4.90 Å². The van der Waals surface area contributed by atoms with Crippen molar-refractivity contribution >= 4 is 29.6 Å². The third kappa shape index (κ3) is 7.31. The van der Waals surface area contributed by atoms with E-state index in [9.17, 15) is 14.4 Å². The van der Waals surface area contributed by atoms with Crippen LogP contribution in [0.3, 0.4) is 0 Å². The molecule has 12 heteroatoms. The molecule has 0 aliphatic heterocycles. The van der Waals surface area contributed by atoms with E-state index >= 15 is 0 Å². The van der Waals surface area contributed by atoms with Gasteiger partial charge in [-0.2, -0.15) is 0 Å². The molecule has 3 rings (SSSR count). The zero-order chi connectivity index (χ0) is 23.6. The highest BCUT2D eigenvalue weighted by Gasteiger charge is 2.26. The van der Waals surface area contributed by atoms with Crippen molar-refractivity contribution in [3.05, 3.63) is 60.2 Å². The third-order valence-corrected chi connectivity index (χ3v) is 5.33. The van der Waals surface area contributed by atoms with Gasteiger partial charge in [-0.05, 0) is 52.0 Å². The van der Waals surface area contributed by atoms with Gasteiger partial charge in [0.05, 0.1) is 13.5 Å². The summed E-state index contributed by atoms with van der Waals surface area (Å²) < 4.78 is 11.5. The van der Waals surface area contributed by atoms with E-state index in [4.69, 9.17) is 14.6 Å². The number of nitrogens with zero attached hydrogens (tertiary/aromatic N) is 4. The summed E-state index contributed by atoms with van der Waals surface area (Å²) >= 11 is 1.22. The molecule has 0 aliphatic rings. The molecule has 1 heterocycles. The molecular formula is C21H21N5O6S. The molecule has 2 N–H and O–H groups in total. The number of carboxylic acids is 1. The number of hydrogen-bond acceptors (Lipinski definition) is 9. The molecular weight excluding hydrogens is 450 g/mol. The van der Waals surface area contributed by atoms with Gasteiger partial charge in [0.2, 0.25) is 5.16 Å². The molecule has 1 unspecified atom stereocenters. The normalized spacial score (nSPS) is 11.4. The van der Waals surface area contributed by atoms with Crippen molar-refractivity contribution in [2.24, 2.45) is 0 Å². The summed E-state index contributed by atoms with van der Waals surface area (Å²) in [5.41, 5.74) is 0.752. The number of benzene rings is 2. The van der Waals surface area contributed by atoms with Crippen LogP contribution in [0, 0.1) is 0 Å². The molecule has 0 spiro atoms. The Balaban J connectivity index is 1.62. The van der Waals surface area contributed by atoms with Crippen LogP contribution in [0.1, 0.15) is 12.0 Å². The van der Waals surface area contributed by atoms with Crippen molar-refractivity contribution in [3.63, 3.8) is 0 Å². The fourth-order valence-corrected chi connectivity index (χ4v) is 3.47. The highest BCUT2D eigenvalue weighted by molar-refractivity contribution is 7.99. The van der Waals surface area contributed by atoms with Gasteiger partial charge < -0.3 is 19.9 Å². The molecule has 0 bridgehead atoms. The molecule has 0 aliphatic carbocycles. The van der Waals surface area contributed by atoms with E-state index in [0.717, 1.165) is 10.5 Å². The monoisotopic (exact) mass is 471 g/mol. The van der Waals surface area contributed by atoms with E-state index in [1.54, 1.807) is 43.5 Å². The Hall–Kier alpha value is -3.93. The summed E-state index contributed by atoms with van der Waals surface area (Å²) in [4.78, 5) is 36.9. The van der Waals surface area contributed by atoms with Crippen LogP contribution >= 0.6 is 11.8 Å². The minimum Gasteiger partial charge on any atom is -0.497 e. The van der Waals surface area contributed by atoms with Crippen LogP contribution in [0.15, 0.2) is 64.6 Å². The Labute approximate surface area is 193 Å². The number of ether oxygens (including phenoxy) is 2. The van der Waals surface area contributed by atoms with Crippen LogP contribution in [-0.2, 0) is 27.5 Å². The van der Waals surface area contributed by atoms with Gasteiger partial charge in [-0.1, -0.05) is 30.3 Å². The first-order valence-electron chi connectivity index (χ1n) is 9.74. The van der Waals surface area contributed by atoms with E-state index < -0.39 is 30.3 Å². The Bertz CT molecular complexity index is 1090. The number of ketones is 1. The summed E-state index contributed by atoms with van der Waals surface area (Å²) in [6.07, 6.45) is -1.51. The van der Waals surface area contributed by atoms with Crippen LogP contribution in [-0.4, -0.2) is 56.3 Å². The lowest BCUT2D eigenvalue weighted by Gasteiger charge is -2.16. The van der Waals surface area contributed by atoms with Gasteiger partial charge >= 0.3 is 12.1 Å². The maximum atomic E-state index is 12.8. The van der Waals surface area contributed by atoms with Crippen LogP contribution in [0.4, 0.5) is 4.79 Å². The average molecular weight is 471 g/mol. The van der Waals surface area contributed by atoms with E-state index in [2.05, 4.69) is 20.8 Å². The number of nitrogens with one attached hydrogen (secondary N) is 1. The van der Waals surface area contributed by atoms with Gasteiger partial charge in [0.15, 0.2) is 5.78 Å². The molecule has 1 aromatic heterocycles. The number of carbonyl (C=O) groups excluding carboxylic acids is 2. The Kier molecular flexibility index (Phi) is 8.36. The van der Waals surface area contributed by atoms with E-state index in [1.165, 1.54) is 16.4 Å². The van der Waals surface area contributed by atoms with E-state index in [-0.39, 0.29) is 13.2 Å². The number of amides is 1. The number of tetrazole rings is 1. The molecule has 3 aromatic rings. The lowest BCUT2D eigenvalue weighted by molar-refractivity contribution is -0.139. The minimum atomic E-state index is -1.31. The molecule has 11 nitrogen and oxygen atoms in total. The van der Waals surface area contributed by atoms with Crippen molar-refractivity contribution in [3.8, 4) is 5.75 Å². The molecule has 33 heavy (non-hydrogen) atoms. The summed E-state index contributed by atoms with van der Waals surface area (Å²) in [5.74, 6) is -1.14. The molecule has 2 aromatic carbocycles. The van der Waals surface area contributed by atoms with Crippen LogP contribution in [0.25, 0.3) is 0 Å². The van der Waals surface area contributed by atoms with Crippen LogP contribution in [0.5, 0.6) is 5.75 Å². The Morgan fingerprint density at radius 1 is 1.12 bits per heavy atom. The second-order valence-electron chi connectivity index (χ2n) is 6.72. The third-order valence-electron chi connectivity index (χ3n) is 4.35. The molecule has 0 saturated carbocycles. The number of hydrogen-bond donors (Lipinski definition) is 2. The van der Waals surface area contributed by atoms with Gasteiger partial charge in [-0.15, -0.1) is 5.10 Å². The number of aliphatic carboxylic acids is 1. The quantitative estimate of drug-likeness (QED) is 0.427. The molecule has 1 atom stereocenters. The topological polar surface area (TPSA) is 146 Å². The van der Waals surface area contributed by atoms with Gasteiger partial charge in [0.25, 0.3) is 0 Å².